The van der Waals surface area contributed by atoms with Gasteiger partial charge in [0.1, 0.15) is 19.3 Å². The van der Waals surface area contributed by atoms with Gasteiger partial charge in [-0.15, -0.1) is 0 Å². The summed E-state index contributed by atoms with van der Waals surface area (Å²) in [6, 6.07) is 0. The number of phosphoric ester groups is 2. The number of rotatable bonds is 83. The van der Waals surface area contributed by atoms with E-state index in [1.165, 1.54) is 270 Å². The fourth-order valence-electron chi connectivity index (χ4n) is 12.9. The lowest BCUT2D eigenvalue weighted by Crippen LogP contribution is -2.30. The van der Waals surface area contributed by atoms with Crippen molar-refractivity contribution in [1.82, 2.24) is 0 Å². The Morgan fingerprint density at radius 2 is 0.451 bits per heavy atom. The highest BCUT2D eigenvalue weighted by molar-refractivity contribution is 7.47. The molecule has 0 aromatic carbocycles. The Morgan fingerprint density at radius 1 is 0.265 bits per heavy atom. The zero-order chi connectivity index (χ0) is 74.8. The predicted molar refractivity (Wildman–Crippen MR) is 418 cm³/mol. The van der Waals surface area contributed by atoms with Crippen molar-refractivity contribution in [2.75, 3.05) is 39.6 Å². The van der Waals surface area contributed by atoms with Crippen LogP contribution >= 0.6 is 15.6 Å². The van der Waals surface area contributed by atoms with Crippen molar-refractivity contribution in [1.29, 1.82) is 0 Å². The molecule has 2 unspecified atom stereocenters. The maximum Gasteiger partial charge on any atom is 0.472 e. The number of carbonyl (C=O) groups is 4. The fourth-order valence-corrected chi connectivity index (χ4v) is 14.5. The minimum Gasteiger partial charge on any atom is -0.462 e. The highest BCUT2D eigenvalue weighted by Gasteiger charge is 2.30. The average molecular weight is 1490 g/mol. The van der Waals surface area contributed by atoms with Crippen molar-refractivity contribution in [2.24, 2.45) is 5.92 Å². The standard InChI is InChI=1S/C83H162O17P2/c1-6-9-12-15-18-21-24-27-28-29-30-31-32-39-44-49-54-59-64-69-83(88)100-79(73-94-81(86)67-62-57-52-47-42-38-34-33-37-40-45-50-55-60-65-76(4)5)75-98-102(91,92)96-71-77(84)70-95-101(89,90)97-74-78(99-82(87)68-63-58-53-48-43-36-26-23-20-17-14-11-8-3)72-93-80(85)66-61-56-51-46-41-35-25-22-19-16-13-10-7-2/h76-79,84H,6-75H2,1-5H3,(H,89,90)(H,91,92)/t77-,78+,79+/m0/s1. The second-order valence-corrected chi connectivity index (χ2v) is 33.3. The first-order valence-electron chi connectivity index (χ1n) is 43.1. The third-order valence-corrected chi connectivity index (χ3v) is 21.4. The average Bonchev–Trinajstić information content (AvgIpc) is 0.935. The van der Waals surface area contributed by atoms with Crippen LogP contribution in [0.3, 0.4) is 0 Å². The van der Waals surface area contributed by atoms with E-state index >= 15 is 0 Å². The lowest BCUT2D eigenvalue weighted by Gasteiger charge is -2.21. The normalized spacial score (nSPS) is 13.8. The Bertz CT molecular complexity index is 1940. The van der Waals surface area contributed by atoms with Crippen LogP contribution < -0.4 is 0 Å². The van der Waals surface area contributed by atoms with Crippen LogP contribution in [-0.2, 0) is 65.4 Å². The summed E-state index contributed by atoms with van der Waals surface area (Å²) in [7, 11) is -9.92. The van der Waals surface area contributed by atoms with Crippen molar-refractivity contribution in [3.8, 4) is 0 Å². The van der Waals surface area contributed by atoms with Crippen molar-refractivity contribution in [3.05, 3.63) is 0 Å². The van der Waals surface area contributed by atoms with Gasteiger partial charge in [0.15, 0.2) is 12.2 Å². The van der Waals surface area contributed by atoms with Gasteiger partial charge in [-0.3, -0.25) is 37.3 Å². The maximum absolute atomic E-state index is 13.1. The number of esters is 4. The van der Waals surface area contributed by atoms with Gasteiger partial charge < -0.3 is 33.8 Å². The largest absolute Gasteiger partial charge is 0.472 e. The van der Waals surface area contributed by atoms with Crippen LogP contribution in [-0.4, -0.2) is 96.7 Å². The SMILES string of the molecule is CCCCCCCCCCCCCCCCCCCCCC(=O)O[C@H](COC(=O)CCCCCCCCCCCCCCCCC(C)C)COP(=O)(O)OC[C@@H](O)COP(=O)(O)OC[C@@H](COC(=O)CCCCCCCCCCCCCCC)OC(=O)CCCCCCCCCCCCCCC. The van der Waals surface area contributed by atoms with Crippen LogP contribution in [0, 0.1) is 5.92 Å². The summed E-state index contributed by atoms with van der Waals surface area (Å²) in [4.78, 5) is 73.1. The molecule has 0 aliphatic heterocycles. The molecule has 0 heterocycles. The molecule has 0 aromatic rings. The van der Waals surface area contributed by atoms with E-state index in [-0.39, 0.29) is 25.7 Å². The van der Waals surface area contributed by atoms with E-state index < -0.39 is 97.5 Å². The molecule has 0 radical (unpaired) electrons. The van der Waals surface area contributed by atoms with Crippen molar-refractivity contribution in [3.63, 3.8) is 0 Å². The van der Waals surface area contributed by atoms with Crippen LogP contribution in [0.25, 0.3) is 0 Å². The van der Waals surface area contributed by atoms with Gasteiger partial charge in [0, 0.05) is 25.7 Å². The number of unbranched alkanes of at least 4 members (excludes halogenated alkanes) is 55. The summed E-state index contributed by atoms with van der Waals surface area (Å²) in [5.74, 6) is -1.30. The summed E-state index contributed by atoms with van der Waals surface area (Å²) in [5, 5.41) is 10.7. The number of aliphatic hydroxyl groups excluding tert-OH is 1. The minimum absolute atomic E-state index is 0.109. The zero-order valence-corrected chi connectivity index (χ0v) is 68.5. The van der Waals surface area contributed by atoms with E-state index in [1.807, 2.05) is 0 Å². The molecule has 0 aliphatic rings. The minimum atomic E-state index is -4.96. The zero-order valence-electron chi connectivity index (χ0n) is 66.8. The molecule has 0 bridgehead atoms. The summed E-state index contributed by atoms with van der Waals surface area (Å²) in [6.07, 6.45) is 67.8. The van der Waals surface area contributed by atoms with Crippen molar-refractivity contribution >= 4 is 39.5 Å². The van der Waals surface area contributed by atoms with Crippen LogP contribution in [0.4, 0.5) is 0 Å². The molecule has 0 spiro atoms. The Balaban J connectivity index is 5.25. The molecule has 3 N–H and O–H groups in total. The Hall–Kier alpha value is -1.94. The van der Waals surface area contributed by atoms with E-state index in [1.54, 1.807) is 0 Å². The number of aliphatic hydroxyl groups is 1. The van der Waals surface area contributed by atoms with Gasteiger partial charge in [0.2, 0.25) is 0 Å². The molecule has 0 aliphatic carbocycles. The van der Waals surface area contributed by atoms with Crippen molar-refractivity contribution < 1.29 is 80.2 Å². The van der Waals surface area contributed by atoms with Crippen LogP contribution in [0.1, 0.15) is 446 Å². The summed E-state index contributed by atoms with van der Waals surface area (Å²) in [5.41, 5.74) is 0. The highest BCUT2D eigenvalue weighted by Crippen LogP contribution is 2.45. The van der Waals surface area contributed by atoms with E-state index in [0.29, 0.717) is 25.7 Å². The second kappa shape index (κ2) is 75.9. The quantitative estimate of drug-likeness (QED) is 0.0222. The van der Waals surface area contributed by atoms with Gasteiger partial charge in [0.05, 0.1) is 26.4 Å². The maximum atomic E-state index is 13.1. The molecule has 102 heavy (non-hydrogen) atoms. The van der Waals surface area contributed by atoms with Crippen LogP contribution in [0.15, 0.2) is 0 Å². The van der Waals surface area contributed by atoms with Gasteiger partial charge in [-0.05, 0) is 31.6 Å². The monoisotopic (exact) mass is 1490 g/mol. The topological polar surface area (TPSA) is 237 Å². The molecule has 0 aromatic heterocycles. The van der Waals surface area contributed by atoms with Crippen LogP contribution in [0.5, 0.6) is 0 Å². The van der Waals surface area contributed by atoms with Crippen molar-refractivity contribution in [2.45, 2.75) is 464 Å². The lowest BCUT2D eigenvalue weighted by atomic mass is 10.0. The van der Waals surface area contributed by atoms with E-state index in [9.17, 15) is 43.2 Å². The van der Waals surface area contributed by atoms with Gasteiger partial charge in [-0.25, -0.2) is 9.13 Å². The molecular formula is C83H162O17P2. The number of hydrogen-bond donors (Lipinski definition) is 3. The molecule has 0 fully saturated rings. The van der Waals surface area contributed by atoms with Crippen LogP contribution in [0.2, 0.25) is 0 Å². The molecule has 5 atom stereocenters. The predicted octanol–water partition coefficient (Wildman–Crippen LogP) is 25.2. The van der Waals surface area contributed by atoms with E-state index in [4.69, 9.17) is 37.0 Å². The fraction of sp³-hybridized carbons (Fsp3) is 0.952. The molecule has 0 rings (SSSR count). The summed E-state index contributed by atoms with van der Waals surface area (Å²) < 4.78 is 68.8. The Morgan fingerprint density at radius 3 is 0.667 bits per heavy atom. The first-order chi connectivity index (χ1) is 49.5. The molecule has 0 saturated carbocycles. The Labute approximate surface area is 626 Å². The summed E-state index contributed by atoms with van der Waals surface area (Å²) in [6.45, 7) is 7.38. The van der Waals surface area contributed by atoms with E-state index in [2.05, 4.69) is 34.6 Å². The second-order valence-electron chi connectivity index (χ2n) is 30.3. The van der Waals surface area contributed by atoms with Gasteiger partial charge in [0.25, 0.3) is 0 Å². The first-order valence-corrected chi connectivity index (χ1v) is 46.1. The van der Waals surface area contributed by atoms with E-state index in [0.717, 1.165) is 95.8 Å². The van der Waals surface area contributed by atoms with Gasteiger partial charge in [-0.2, -0.15) is 0 Å². The number of carbonyl (C=O) groups excluding carboxylic acids is 4. The van der Waals surface area contributed by atoms with Gasteiger partial charge >= 0.3 is 39.5 Å². The molecule has 0 amide bonds. The Kier molecular flexibility index (Phi) is 74.4. The molecular weight excluding hydrogens is 1330 g/mol. The van der Waals surface area contributed by atoms with Gasteiger partial charge in [-0.1, -0.05) is 394 Å². The highest BCUT2D eigenvalue weighted by atomic mass is 31.2. The third kappa shape index (κ3) is 76.3. The number of ether oxygens (including phenoxy) is 4. The first kappa shape index (κ1) is 100. The lowest BCUT2D eigenvalue weighted by molar-refractivity contribution is -0.161. The summed E-state index contributed by atoms with van der Waals surface area (Å²) >= 11 is 0. The smallest absolute Gasteiger partial charge is 0.462 e. The third-order valence-electron chi connectivity index (χ3n) is 19.5. The number of hydrogen-bond acceptors (Lipinski definition) is 15. The molecule has 0 saturated heterocycles. The number of phosphoric acid groups is 2. The molecule has 606 valence electrons. The molecule has 19 heteroatoms. The molecule has 17 nitrogen and oxygen atoms in total.